The molecule has 0 bridgehead atoms. The van der Waals surface area contributed by atoms with Gasteiger partial charge >= 0.3 is 5.97 Å². The molecule has 1 aliphatic heterocycles. The van der Waals surface area contributed by atoms with Crippen LogP contribution in [0.15, 0.2) is 88.5 Å². The molecule has 1 heterocycles. The first-order valence-corrected chi connectivity index (χ1v) is 10.4. The highest BCUT2D eigenvalue weighted by Crippen LogP contribution is 2.39. The molecule has 31 heavy (non-hydrogen) atoms. The highest BCUT2D eigenvalue weighted by molar-refractivity contribution is 8.18. The number of aliphatic hydroxyl groups is 1. The van der Waals surface area contributed by atoms with Gasteiger partial charge in [-0.1, -0.05) is 54.7 Å². The number of aliphatic imine (C=N–C) groups is 1. The second kappa shape index (κ2) is 10.4. The third-order valence-electron chi connectivity index (χ3n) is 4.14. The zero-order chi connectivity index (χ0) is 22.2. The monoisotopic (exact) mass is 435 g/mol. The predicted molar refractivity (Wildman–Crippen MR) is 122 cm³/mol. The van der Waals surface area contributed by atoms with Gasteiger partial charge in [-0.2, -0.15) is 0 Å². The highest BCUT2D eigenvalue weighted by Gasteiger charge is 2.33. The number of hydrogen-bond donors (Lipinski definition) is 1. The lowest BCUT2D eigenvalue weighted by atomic mass is 10.1. The maximum Gasteiger partial charge on any atom is 0.344 e. The molecule has 158 valence electrons. The summed E-state index contributed by atoms with van der Waals surface area (Å²) in [5, 5.41) is 10.8. The quantitative estimate of drug-likeness (QED) is 0.489. The highest BCUT2D eigenvalue weighted by atomic mass is 32.2. The van der Waals surface area contributed by atoms with E-state index in [2.05, 4.69) is 11.6 Å². The Kier molecular flexibility index (Phi) is 7.45. The average Bonchev–Trinajstić information content (AvgIpc) is 3.08. The second-order valence-corrected chi connectivity index (χ2v) is 7.34. The maximum atomic E-state index is 12.5. The van der Waals surface area contributed by atoms with Crippen LogP contribution in [0.1, 0.15) is 22.8 Å². The largest absolute Gasteiger partial charge is 0.506 e. The van der Waals surface area contributed by atoms with E-state index >= 15 is 0 Å². The molecule has 0 spiro atoms. The van der Waals surface area contributed by atoms with E-state index in [1.54, 1.807) is 61.5 Å². The number of rotatable bonds is 7. The Morgan fingerprint density at radius 3 is 2.48 bits per heavy atom. The molecular weight excluding hydrogens is 414 g/mol. The van der Waals surface area contributed by atoms with Crippen molar-refractivity contribution in [3.63, 3.8) is 0 Å². The van der Waals surface area contributed by atoms with Crippen molar-refractivity contribution in [1.82, 2.24) is 0 Å². The van der Waals surface area contributed by atoms with Crippen molar-refractivity contribution in [3.8, 4) is 5.75 Å². The standard InChI is InChI=1S/C24H21NO5S/c1-3-14-30-18-12-10-16(11-13-18)15-19-21(26)20(24(28)29-4-2)23(31-19)25-22(27)17-8-6-5-7-9-17/h3,5-13,15,26H,1,4,14H2,2H3/b19-15-,25-23?. The van der Waals surface area contributed by atoms with Gasteiger partial charge in [-0.25, -0.2) is 9.79 Å². The summed E-state index contributed by atoms with van der Waals surface area (Å²) in [7, 11) is 0. The summed E-state index contributed by atoms with van der Waals surface area (Å²) < 4.78 is 10.5. The topological polar surface area (TPSA) is 85.2 Å². The fourth-order valence-corrected chi connectivity index (χ4v) is 3.71. The number of amides is 1. The third kappa shape index (κ3) is 5.52. The van der Waals surface area contributed by atoms with Crippen LogP contribution in [-0.2, 0) is 9.53 Å². The smallest absolute Gasteiger partial charge is 0.344 e. The minimum atomic E-state index is -0.733. The van der Waals surface area contributed by atoms with Gasteiger partial charge in [-0.05, 0) is 42.8 Å². The lowest BCUT2D eigenvalue weighted by Crippen LogP contribution is -2.14. The Hall–Kier alpha value is -3.58. The Labute approximate surface area is 184 Å². The van der Waals surface area contributed by atoms with Crippen molar-refractivity contribution >= 4 is 34.8 Å². The number of aliphatic hydroxyl groups excluding tert-OH is 1. The normalized spacial score (nSPS) is 15.9. The van der Waals surface area contributed by atoms with Gasteiger partial charge in [0.15, 0.2) is 0 Å². The lowest BCUT2D eigenvalue weighted by molar-refractivity contribution is -0.138. The first-order valence-electron chi connectivity index (χ1n) is 9.56. The molecule has 2 aromatic carbocycles. The van der Waals surface area contributed by atoms with Gasteiger partial charge in [0.1, 0.15) is 28.7 Å². The molecule has 0 unspecified atom stereocenters. The van der Waals surface area contributed by atoms with Crippen molar-refractivity contribution in [3.05, 3.63) is 94.6 Å². The van der Waals surface area contributed by atoms with Gasteiger partial charge in [-0.15, -0.1) is 0 Å². The van der Waals surface area contributed by atoms with Crippen LogP contribution in [0.3, 0.4) is 0 Å². The van der Waals surface area contributed by atoms with E-state index in [-0.39, 0.29) is 23.0 Å². The van der Waals surface area contributed by atoms with E-state index in [0.29, 0.717) is 22.8 Å². The Bertz CT molecular complexity index is 1070. The molecule has 0 atom stereocenters. The summed E-state index contributed by atoms with van der Waals surface area (Å²) in [6.07, 6.45) is 3.36. The molecule has 0 fully saturated rings. The van der Waals surface area contributed by atoms with Crippen molar-refractivity contribution < 1.29 is 24.2 Å². The molecule has 3 rings (SSSR count). The number of carbonyl (C=O) groups excluding carboxylic acids is 2. The van der Waals surface area contributed by atoms with Crippen LogP contribution >= 0.6 is 11.8 Å². The van der Waals surface area contributed by atoms with Gasteiger partial charge in [0, 0.05) is 5.56 Å². The van der Waals surface area contributed by atoms with Crippen LogP contribution in [0.25, 0.3) is 6.08 Å². The van der Waals surface area contributed by atoms with E-state index in [4.69, 9.17) is 9.47 Å². The Morgan fingerprint density at radius 2 is 1.84 bits per heavy atom. The van der Waals surface area contributed by atoms with Crippen LogP contribution < -0.4 is 4.74 Å². The third-order valence-corrected chi connectivity index (χ3v) is 5.16. The van der Waals surface area contributed by atoms with Crippen molar-refractivity contribution in [2.75, 3.05) is 13.2 Å². The number of benzene rings is 2. The molecule has 1 N–H and O–H groups in total. The molecule has 0 saturated heterocycles. The van der Waals surface area contributed by atoms with E-state index < -0.39 is 11.9 Å². The van der Waals surface area contributed by atoms with Crippen LogP contribution in [0, 0.1) is 0 Å². The number of carbonyl (C=O) groups is 2. The summed E-state index contributed by atoms with van der Waals surface area (Å²) in [6, 6.07) is 15.7. The first kappa shape index (κ1) is 22.1. The molecule has 0 saturated carbocycles. The van der Waals surface area contributed by atoms with Crippen molar-refractivity contribution in [1.29, 1.82) is 0 Å². The molecule has 0 aliphatic carbocycles. The average molecular weight is 436 g/mol. The summed E-state index contributed by atoms with van der Waals surface area (Å²) >= 11 is 1.04. The summed E-state index contributed by atoms with van der Waals surface area (Å²) in [5.74, 6) is -0.829. The zero-order valence-corrected chi connectivity index (χ0v) is 17.7. The van der Waals surface area contributed by atoms with Crippen LogP contribution in [0.4, 0.5) is 0 Å². The molecule has 0 aromatic heterocycles. The second-order valence-electron chi connectivity index (χ2n) is 6.31. The molecule has 1 aliphatic rings. The molecule has 2 aromatic rings. The van der Waals surface area contributed by atoms with Gasteiger partial charge in [-0.3, -0.25) is 4.79 Å². The van der Waals surface area contributed by atoms with E-state index in [1.807, 2.05) is 12.1 Å². The number of esters is 1. The molecule has 1 amide bonds. The number of ether oxygens (including phenoxy) is 2. The molecule has 7 heteroatoms. The van der Waals surface area contributed by atoms with Crippen molar-refractivity contribution in [2.45, 2.75) is 6.92 Å². The van der Waals surface area contributed by atoms with E-state index in [0.717, 1.165) is 17.3 Å². The predicted octanol–water partition coefficient (Wildman–Crippen LogP) is 4.95. The first-order chi connectivity index (χ1) is 15.0. The minimum Gasteiger partial charge on any atom is -0.506 e. The summed E-state index contributed by atoms with van der Waals surface area (Å²) in [4.78, 5) is 29.4. The van der Waals surface area contributed by atoms with E-state index in [9.17, 15) is 14.7 Å². The molecule has 0 radical (unpaired) electrons. The number of thioether (sulfide) groups is 1. The summed E-state index contributed by atoms with van der Waals surface area (Å²) in [5.41, 5.74) is 1.04. The van der Waals surface area contributed by atoms with Gasteiger partial charge in [0.25, 0.3) is 5.91 Å². The van der Waals surface area contributed by atoms with Crippen LogP contribution in [0.2, 0.25) is 0 Å². The van der Waals surface area contributed by atoms with E-state index in [1.165, 1.54) is 0 Å². The number of nitrogens with zero attached hydrogens (tertiary/aromatic N) is 1. The Morgan fingerprint density at radius 1 is 1.13 bits per heavy atom. The maximum absolute atomic E-state index is 12.5. The van der Waals surface area contributed by atoms with Crippen LogP contribution in [-0.4, -0.2) is 35.2 Å². The molecular formula is C24H21NO5S. The van der Waals surface area contributed by atoms with Gasteiger partial charge in [0.05, 0.1) is 11.5 Å². The number of hydrogen-bond acceptors (Lipinski definition) is 6. The fraction of sp³-hybridized carbons (Fsp3) is 0.125. The van der Waals surface area contributed by atoms with Gasteiger partial charge in [0.2, 0.25) is 0 Å². The van der Waals surface area contributed by atoms with Crippen LogP contribution in [0.5, 0.6) is 5.75 Å². The minimum absolute atomic E-state index is 0.0991. The lowest BCUT2D eigenvalue weighted by Gasteiger charge is -2.03. The molecule has 6 nitrogen and oxygen atoms in total. The SMILES string of the molecule is C=CCOc1ccc(/C=C2\SC(=NC(=O)c3ccccc3)C(C(=O)OCC)=C2O)cc1. The fourth-order valence-electron chi connectivity index (χ4n) is 2.70. The van der Waals surface area contributed by atoms with Crippen molar-refractivity contribution in [2.24, 2.45) is 4.99 Å². The summed E-state index contributed by atoms with van der Waals surface area (Å²) in [6.45, 7) is 5.80. The van der Waals surface area contributed by atoms with Gasteiger partial charge < -0.3 is 14.6 Å². The Balaban J connectivity index is 1.93. The zero-order valence-electron chi connectivity index (χ0n) is 16.9.